The van der Waals surface area contributed by atoms with Gasteiger partial charge in [0, 0.05) is 33.3 Å². The lowest BCUT2D eigenvalue weighted by molar-refractivity contribution is 0.260. The molecule has 0 radical (unpaired) electrons. The van der Waals surface area contributed by atoms with Gasteiger partial charge in [-0.15, -0.1) is 0 Å². The van der Waals surface area contributed by atoms with Crippen molar-refractivity contribution in [2.24, 2.45) is 0 Å². The summed E-state index contributed by atoms with van der Waals surface area (Å²) in [5, 5.41) is 8.24. The Hall–Kier alpha value is -7.56. The first-order valence-corrected chi connectivity index (χ1v) is 19.4. The van der Waals surface area contributed by atoms with Gasteiger partial charge in [0.1, 0.15) is 16.9 Å². The maximum absolute atomic E-state index is 6.66. The number of hydrogen-bond donors (Lipinski definition) is 1. The average Bonchev–Trinajstić information content (AvgIpc) is 3.88. The number of fused-ring (bicyclic) bond motifs is 5. The van der Waals surface area contributed by atoms with Gasteiger partial charge in [-0.2, -0.15) is 0 Å². The van der Waals surface area contributed by atoms with E-state index in [9.17, 15) is 0 Å². The minimum atomic E-state index is -0.307. The second-order valence-corrected chi connectivity index (χ2v) is 14.5. The lowest BCUT2D eigenvalue weighted by atomic mass is 9.97. The van der Waals surface area contributed by atoms with Crippen LogP contribution in [0, 0.1) is 0 Å². The van der Waals surface area contributed by atoms with Crippen molar-refractivity contribution in [1.82, 2.24) is 0 Å². The van der Waals surface area contributed by atoms with E-state index in [4.69, 9.17) is 9.15 Å². The fraction of sp³-hybridized carbons (Fsp3) is 0.0189. The van der Waals surface area contributed by atoms with E-state index in [1.165, 1.54) is 21.9 Å². The number of ether oxygens (including phenoxy) is 1. The van der Waals surface area contributed by atoms with Gasteiger partial charge < -0.3 is 19.4 Å². The van der Waals surface area contributed by atoms with Crippen LogP contribution in [-0.2, 0) is 0 Å². The molecule has 0 bridgehead atoms. The Morgan fingerprint density at radius 2 is 1.07 bits per heavy atom. The molecule has 1 atom stereocenters. The zero-order valence-electron chi connectivity index (χ0n) is 31.0. The van der Waals surface area contributed by atoms with E-state index in [-0.39, 0.29) is 6.23 Å². The van der Waals surface area contributed by atoms with Gasteiger partial charge in [-0.3, -0.25) is 0 Å². The van der Waals surface area contributed by atoms with E-state index in [2.05, 4.69) is 186 Å². The van der Waals surface area contributed by atoms with Gasteiger partial charge in [0.15, 0.2) is 6.23 Å². The summed E-state index contributed by atoms with van der Waals surface area (Å²) in [5.41, 5.74) is 13.6. The van der Waals surface area contributed by atoms with Crippen LogP contribution in [-0.4, -0.2) is 0 Å². The normalized spacial score (nSPS) is 13.4. The molecule has 11 rings (SSSR count). The van der Waals surface area contributed by atoms with E-state index in [0.717, 1.165) is 78.3 Å². The highest BCUT2D eigenvalue weighted by Gasteiger charge is 2.30. The Balaban J connectivity index is 1.06. The lowest BCUT2D eigenvalue weighted by Crippen LogP contribution is -2.11. The molecular formula is C53H36N2O2. The molecule has 10 aromatic rings. The highest BCUT2D eigenvalue weighted by Crippen LogP contribution is 2.51. The third-order valence-corrected chi connectivity index (χ3v) is 11.1. The lowest BCUT2D eigenvalue weighted by Gasteiger charge is -2.28. The predicted octanol–water partition coefficient (Wildman–Crippen LogP) is 14.7. The van der Waals surface area contributed by atoms with Crippen LogP contribution in [0.15, 0.2) is 211 Å². The van der Waals surface area contributed by atoms with Crippen molar-refractivity contribution in [3.63, 3.8) is 0 Å². The molecule has 270 valence electrons. The first kappa shape index (κ1) is 32.8. The largest absolute Gasteiger partial charge is 0.464 e. The molecule has 0 saturated carbocycles. The minimum absolute atomic E-state index is 0.307. The van der Waals surface area contributed by atoms with Crippen molar-refractivity contribution in [2.75, 3.05) is 10.2 Å². The molecule has 1 aromatic heterocycles. The van der Waals surface area contributed by atoms with Gasteiger partial charge in [-0.05, 0) is 81.6 Å². The fourth-order valence-electron chi connectivity index (χ4n) is 8.32. The van der Waals surface area contributed by atoms with Gasteiger partial charge >= 0.3 is 0 Å². The summed E-state index contributed by atoms with van der Waals surface area (Å²) in [5.74, 6) is 0.812. The Kier molecular flexibility index (Phi) is 7.85. The SMILES string of the molecule is c1ccc(-c2ccc(N(c3ccc(-c4c5c(cc6c4oc4ccccc46)OC(c4ccccc4)N5)cc3)c3ccccc3-c3ccc4ccccc4c3)cc2)cc1. The molecule has 2 heterocycles. The fourth-order valence-corrected chi connectivity index (χ4v) is 8.32. The molecule has 1 N–H and O–H groups in total. The number of nitrogens with one attached hydrogen (secondary N) is 1. The van der Waals surface area contributed by atoms with E-state index < -0.39 is 0 Å². The summed E-state index contributed by atoms with van der Waals surface area (Å²) in [6, 6.07) is 72.9. The number of anilines is 4. The summed E-state index contributed by atoms with van der Waals surface area (Å²) in [6.45, 7) is 0. The topological polar surface area (TPSA) is 37.6 Å². The van der Waals surface area contributed by atoms with Gasteiger partial charge in [-0.1, -0.05) is 158 Å². The number of rotatable bonds is 7. The summed E-state index contributed by atoms with van der Waals surface area (Å²) >= 11 is 0. The number of furan rings is 1. The molecule has 57 heavy (non-hydrogen) atoms. The Morgan fingerprint density at radius 1 is 0.456 bits per heavy atom. The van der Waals surface area contributed by atoms with Crippen LogP contribution in [0.1, 0.15) is 11.8 Å². The summed E-state index contributed by atoms with van der Waals surface area (Å²) < 4.78 is 13.3. The first-order chi connectivity index (χ1) is 28.2. The number of nitrogens with zero attached hydrogens (tertiary/aromatic N) is 1. The zero-order valence-corrected chi connectivity index (χ0v) is 31.0. The molecule has 0 saturated heterocycles. The van der Waals surface area contributed by atoms with Crippen molar-refractivity contribution >= 4 is 55.5 Å². The maximum atomic E-state index is 6.66. The average molecular weight is 733 g/mol. The molecule has 0 amide bonds. The second kappa shape index (κ2) is 13.6. The van der Waals surface area contributed by atoms with Crippen molar-refractivity contribution in [3.05, 3.63) is 212 Å². The van der Waals surface area contributed by atoms with Crippen molar-refractivity contribution in [2.45, 2.75) is 6.23 Å². The molecule has 0 fully saturated rings. The highest BCUT2D eigenvalue weighted by molar-refractivity contribution is 6.14. The predicted molar refractivity (Wildman–Crippen MR) is 236 cm³/mol. The monoisotopic (exact) mass is 732 g/mol. The van der Waals surface area contributed by atoms with Crippen molar-refractivity contribution in [1.29, 1.82) is 0 Å². The smallest absolute Gasteiger partial charge is 0.196 e. The van der Waals surface area contributed by atoms with Gasteiger partial charge in [0.25, 0.3) is 0 Å². The third-order valence-electron chi connectivity index (χ3n) is 11.1. The Bertz CT molecular complexity index is 3060. The zero-order chi connectivity index (χ0) is 37.7. The van der Waals surface area contributed by atoms with E-state index in [1.54, 1.807) is 0 Å². The number of hydrogen-bond acceptors (Lipinski definition) is 4. The van der Waals surface area contributed by atoms with Crippen molar-refractivity contribution in [3.8, 4) is 39.1 Å². The molecule has 1 aliphatic heterocycles. The Morgan fingerprint density at radius 3 is 1.86 bits per heavy atom. The maximum Gasteiger partial charge on any atom is 0.196 e. The molecule has 4 heteroatoms. The molecule has 0 aliphatic carbocycles. The summed E-state index contributed by atoms with van der Waals surface area (Å²) in [6.07, 6.45) is -0.307. The Labute approximate surface area is 330 Å². The first-order valence-electron chi connectivity index (χ1n) is 19.4. The van der Waals surface area contributed by atoms with Crippen LogP contribution in [0.3, 0.4) is 0 Å². The summed E-state index contributed by atoms with van der Waals surface area (Å²) in [4.78, 5) is 2.36. The van der Waals surface area contributed by atoms with E-state index in [0.29, 0.717) is 0 Å². The molecule has 9 aromatic carbocycles. The van der Waals surface area contributed by atoms with E-state index >= 15 is 0 Å². The van der Waals surface area contributed by atoms with Gasteiger partial charge in [0.05, 0.1) is 16.9 Å². The van der Waals surface area contributed by atoms with Crippen LogP contribution in [0.2, 0.25) is 0 Å². The van der Waals surface area contributed by atoms with E-state index in [1.807, 2.05) is 30.3 Å². The summed E-state index contributed by atoms with van der Waals surface area (Å²) in [7, 11) is 0. The van der Waals surface area contributed by atoms with Gasteiger partial charge in [-0.25, -0.2) is 0 Å². The molecule has 0 spiro atoms. The van der Waals surface area contributed by atoms with Crippen LogP contribution in [0.5, 0.6) is 5.75 Å². The molecule has 1 aliphatic rings. The third kappa shape index (κ3) is 5.78. The van der Waals surface area contributed by atoms with Crippen molar-refractivity contribution < 1.29 is 9.15 Å². The number of para-hydroxylation sites is 2. The number of benzene rings is 9. The van der Waals surface area contributed by atoms with Crippen LogP contribution >= 0.6 is 0 Å². The molecule has 4 nitrogen and oxygen atoms in total. The van der Waals surface area contributed by atoms with Crippen LogP contribution in [0.4, 0.5) is 22.7 Å². The standard InChI is InChI=1S/C53H36N2O2/c1-3-13-35(14-4-1)37-25-29-42(30-26-37)55(47-21-11-9-19-44(47)41-24-23-36-15-7-8-18-40(36)33-41)43-31-27-38(28-32-43)50-51-49(57-53(54-51)39-16-5-2-6-17-39)34-46-45-20-10-12-22-48(45)56-52(46)50/h1-34,53-54H. The molecular weight excluding hydrogens is 697 g/mol. The quantitative estimate of drug-likeness (QED) is 0.177. The van der Waals surface area contributed by atoms with Gasteiger partial charge in [0.2, 0.25) is 0 Å². The van der Waals surface area contributed by atoms with Crippen LogP contribution < -0.4 is 15.0 Å². The highest BCUT2D eigenvalue weighted by atomic mass is 16.5. The molecule has 1 unspecified atom stereocenters. The minimum Gasteiger partial charge on any atom is -0.464 e. The van der Waals surface area contributed by atoms with Crippen LogP contribution in [0.25, 0.3) is 66.1 Å². The second-order valence-electron chi connectivity index (χ2n) is 14.5.